The number of nitrogens with zero attached hydrogens (tertiary/aromatic N) is 1. The Morgan fingerprint density at radius 1 is 1.44 bits per heavy atom. The van der Waals surface area contributed by atoms with Crippen LogP contribution >= 0.6 is 27.3 Å². The summed E-state index contributed by atoms with van der Waals surface area (Å²) in [6.45, 7) is 0. The van der Waals surface area contributed by atoms with E-state index in [1.54, 1.807) is 11.3 Å². The molecule has 0 saturated heterocycles. The van der Waals surface area contributed by atoms with E-state index in [1.807, 2.05) is 25.4 Å². The van der Waals surface area contributed by atoms with Gasteiger partial charge in [0.15, 0.2) is 0 Å². The van der Waals surface area contributed by atoms with Gasteiger partial charge in [-0.05, 0) is 46.6 Å². The number of hydrogen-bond donors (Lipinski definition) is 1. The van der Waals surface area contributed by atoms with Gasteiger partial charge in [-0.25, -0.2) is 0 Å². The van der Waals surface area contributed by atoms with Gasteiger partial charge in [0.25, 0.3) is 0 Å². The normalized spacial score (nSPS) is 12.6. The highest BCUT2D eigenvalue weighted by atomic mass is 79.9. The molecule has 2 heterocycles. The Kier molecular flexibility index (Phi) is 4.09. The number of pyridine rings is 1. The molecule has 0 aromatic carbocycles. The summed E-state index contributed by atoms with van der Waals surface area (Å²) in [6.07, 6.45) is 2.80. The molecule has 2 aromatic rings. The molecular weight excluding hydrogens is 284 g/mol. The zero-order valence-electron chi connectivity index (χ0n) is 8.98. The lowest BCUT2D eigenvalue weighted by molar-refractivity contribution is 0.579. The summed E-state index contributed by atoms with van der Waals surface area (Å²) in [6, 6.07) is 8.39. The molecule has 0 aliphatic rings. The van der Waals surface area contributed by atoms with Gasteiger partial charge in [-0.1, -0.05) is 6.07 Å². The minimum atomic E-state index is 0.274. The molecule has 1 unspecified atom stereocenters. The minimum absolute atomic E-state index is 0.274. The smallest absolute Gasteiger partial charge is 0.0576 e. The van der Waals surface area contributed by atoms with Crippen LogP contribution in [0.3, 0.4) is 0 Å². The highest BCUT2D eigenvalue weighted by molar-refractivity contribution is 9.10. The molecule has 0 fully saturated rings. The maximum atomic E-state index is 4.39. The van der Waals surface area contributed by atoms with Gasteiger partial charge < -0.3 is 5.32 Å². The first kappa shape index (κ1) is 11.8. The van der Waals surface area contributed by atoms with E-state index < -0.39 is 0 Å². The van der Waals surface area contributed by atoms with Crippen LogP contribution < -0.4 is 5.32 Å². The summed E-state index contributed by atoms with van der Waals surface area (Å²) >= 11 is 5.33. The van der Waals surface area contributed by atoms with Crippen molar-refractivity contribution >= 4 is 27.3 Å². The molecule has 84 valence electrons. The van der Waals surface area contributed by atoms with Crippen molar-refractivity contribution in [3.8, 4) is 0 Å². The van der Waals surface area contributed by atoms with Crippen LogP contribution in [0.2, 0.25) is 0 Å². The molecule has 0 amide bonds. The Labute approximate surface area is 108 Å². The quantitative estimate of drug-likeness (QED) is 0.935. The van der Waals surface area contributed by atoms with Crippen LogP contribution in [0.4, 0.5) is 0 Å². The third kappa shape index (κ3) is 2.70. The van der Waals surface area contributed by atoms with E-state index >= 15 is 0 Å². The molecule has 2 rings (SSSR count). The second kappa shape index (κ2) is 5.57. The number of nitrogens with one attached hydrogen (secondary N) is 1. The Hall–Kier alpha value is -0.710. The summed E-state index contributed by atoms with van der Waals surface area (Å²) in [5, 5.41) is 5.41. The van der Waals surface area contributed by atoms with Crippen molar-refractivity contribution in [3.63, 3.8) is 0 Å². The number of thiophene rings is 1. The molecule has 0 saturated carbocycles. The minimum Gasteiger partial charge on any atom is -0.311 e. The zero-order valence-corrected chi connectivity index (χ0v) is 11.4. The van der Waals surface area contributed by atoms with Gasteiger partial charge in [-0.3, -0.25) is 4.98 Å². The van der Waals surface area contributed by atoms with E-state index in [9.17, 15) is 0 Å². The maximum Gasteiger partial charge on any atom is 0.0576 e. The van der Waals surface area contributed by atoms with Crippen LogP contribution in [0.5, 0.6) is 0 Å². The first-order valence-electron chi connectivity index (χ1n) is 5.11. The fourth-order valence-electron chi connectivity index (χ4n) is 1.59. The molecule has 4 heteroatoms. The average Bonchev–Trinajstić information content (AvgIpc) is 2.73. The molecule has 16 heavy (non-hydrogen) atoms. The first-order valence-corrected chi connectivity index (χ1v) is 6.78. The Balaban J connectivity index is 2.16. The number of halogens is 1. The van der Waals surface area contributed by atoms with Gasteiger partial charge in [0.05, 0.1) is 11.7 Å². The standard InChI is InChI=1S/C12H13BrN2S/c1-14-11(10-4-2-3-6-15-10)8-12-9(13)5-7-16-12/h2-7,11,14H,8H2,1H3. The number of hydrogen-bond acceptors (Lipinski definition) is 3. The predicted octanol–water partition coefficient (Wildman–Crippen LogP) is 3.41. The molecule has 0 bridgehead atoms. The SMILES string of the molecule is CNC(Cc1sccc1Br)c1ccccn1. The lowest BCUT2D eigenvalue weighted by atomic mass is 10.1. The monoisotopic (exact) mass is 296 g/mol. The number of aromatic nitrogens is 1. The third-order valence-electron chi connectivity index (χ3n) is 2.47. The maximum absolute atomic E-state index is 4.39. The summed E-state index contributed by atoms with van der Waals surface area (Å²) in [7, 11) is 1.97. The van der Waals surface area contributed by atoms with Crippen molar-refractivity contribution in [2.75, 3.05) is 7.05 Å². The molecule has 0 aliphatic heterocycles. The lowest BCUT2D eigenvalue weighted by Gasteiger charge is -2.14. The van der Waals surface area contributed by atoms with Crippen molar-refractivity contribution in [1.29, 1.82) is 0 Å². The highest BCUT2D eigenvalue weighted by Crippen LogP contribution is 2.27. The first-order chi connectivity index (χ1) is 7.81. The molecule has 0 aliphatic carbocycles. The van der Waals surface area contributed by atoms with Crippen molar-refractivity contribution < 1.29 is 0 Å². The molecule has 1 atom stereocenters. The molecular formula is C12H13BrN2S. The number of likely N-dealkylation sites (N-methyl/N-ethyl adjacent to an activating group) is 1. The molecule has 2 aromatic heterocycles. The van der Waals surface area contributed by atoms with E-state index in [0.717, 1.165) is 12.1 Å². The lowest BCUT2D eigenvalue weighted by Crippen LogP contribution is -2.19. The summed E-state index contributed by atoms with van der Waals surface area (Å²) in [5.41, 5.74) is 1.09. The summed E-state index contributed by atoms with van der Waals surface area (Å²) < 4.78 is 1.19. The van der Waals surface area contributed by atoms with E-state index in [1.165, 1.54) is 9.35 Å². The van der Waals surface area contributed by atoms with Crippen LogP contribution in [0.1, 0.15) is 16.6 Å². The van der Waals surface area contributed by atoms with E-state index in [2.05, 4.69) is 43.7 Å². The van der Waals surface area contributed by atoms with Gasteiger partial charge in [0.2, 0.25) is 0 Å². The van der Waals surface area contributed by atoms with Gasteiger partial charge in [-0.2, -0.15) is 0 Å². The Bertz CT molecular complexity index is 441. The van der Waals surface area contributed by atoms with Crippen LogP contribution in [-0.4, -0.2) is 12.0 Å². The van der Waals surface area contributed by atoms with Crippen LogP contribution in [-0.2, 0) is 6.42 Å². The molecule has 1 N–H and O–H groups in total. The zero-order chi connectivity index (χ0) is 11.4. The second-order valence-electron chi connectivity index (χ2n) is 3.49. The third-order valence-corrected chi connectivity index (χ3v) is 4.42. The predicted molar refractivity (Wildman–Crippen MR) is 71.8 cm³/mol. The van der Waals surface area contributed by atoms with Crippen LogP contribution in [0.15, 0.2) is 40.3 Å². The van der Waals surface area contributed by atoms with E-state index in [0.29, 0.717) is 0 Å². The van der Waals surface area contributed by atoms with Crippen molar-refractivity contribution in [3.05, 3.63) is 50.9 Å². The molecule has 0 radical (unpaired) electrons. The van der Waals surface area contributed by atoms with Crippen LogP contribution in [0, 0.1) is 0 Å². The van der Waals surface area contributed by atoms with E-state index in [4.69, 9.17) is 0 Å². The molecule has 0 spiro atoms. The van der Waals surface area contributed by atoms with Crippen molar-refractivity contribution in [2.24, 2.45) is 0 Å². The fraction of sp³-hybridized carbons (Fsp3) is 0.250. The van der Waals surface area contributed by atoms with Crippen molar-refractivity contribution in [1.82, 2.24) is 10.3 Å². The second-order valence-corrected chi connectivity index (χ2v) is 5.35. The van der Waals surface area contributed by atoms with Gasteiger partial charge in [-0.15, -0.1) is 11.3 Å². The fourth-order valence-corrected chi connectivity index (χ4v) is 3.15. The Morgan fingerprint density at radius 3 is 2.88 bits per heavy atom. The largest absolute Gasteiger partial charge is 0.311 e. The highest BCUT2D eigenvalue weighted by Gasteiger charge is 2.13. The van der Waals surface area contributed by atoms with Crippen LogP contribution in [0.25, 0.3) is 0 Å². The van der Waals surface area contributed by atoms with Gasteiger partial charge >= 0.3 is 0 Å². The van der Waals surface area contributed by atoms with Gasteiger partial charge in [0, 0.05) is 22.0 Å². The summed E-state index contributed by atoms with van der Waals surface area (Å²) in [4.78, 5) is 5.74. The van der Waals surface area contributed by atoms with Gasteiger partial charge in [0.1, 0.15) is 0 Å². The Morgan fingerprint density at radius 2 is 2.31 bits per heavy atom. The van der Waals surface area contributed by atoms with E-state index in [-0.39, 0.29) is 6.04 Å². The van der Waals surface area contributed by atoms with Crippen molar-refractivity contribution in [2.45, 2.75) is 12.5 Å². The number of rotatable bonds is 4. The topological polar surface area (TPSA) is 24.9 Å². The molecule has 2 nitrogen and oxygen atoms in total. The summed E-state index contributed by atoms with van der Waals surface area (Å²) in [5.74, 6) is 0. The average molecular weight is 297 g/mol.